The van der Waals surface area contributed by atoms with E-state index in [1.54, 1.807) is 40.1 Å². The Hall–Kier alpha value is -6.36. The standard InChI is InChI=1S/C18H15BrN4O5.C18H23BrN4O2.C11H12BrN3O/c1-11-14(19)7-8-15(21-11)17-16(22(2)10-20-17)9-27-18(24)28-13-5-3-12(4-6-13)23(25)26;1-12-14(19)8-9-15(21-12)17-16(22(2)11-20-17)10-25-18(24)23(3)13-6-4-5-7-13;1-7-8(12)3-4-9(14-7)11-10(5-16)15(2)6-13-11/h3-8,10H,9H2,1-2H3;8-9,11,13H,4-7,10H2,1-3H3;3-4,6,16H,5H2,1-2H3. The van der Waals surface area contributed by atoms with Crippen LogP contribution in [-0.4, -0.2) is 83.9 Å². The van der Waals surface area contributed by atoms with Crippen molar-refractivity contribution in [2.24, 2.45) is 21.1 Å². The predicted octanol–water partition coefficient (Wildman–Crippen LogP) is 10.3. The van der Waals surface area contributed by atoms with Crippen LogP contribution in [0, 0.1) is 30.9 Å². The highest BCUT2D eigenvalue weighted by atomic mass is 79.9. The molecule has 1 aromatic carbocycles. The minimum absolute atomic E-state index is 0.0391. The summed E-state index contributed by atoms with van der Waals surface area (Å²) in [6.45, 7) is 5.80. The van der Waals surface area contributed by atoms with E-state index in [4.69, 9.17) is 14.2 Å². The fourth-order valence-corrected chi connectivity index (χ4v) is 7.79. The second-order valence-electron chi connectivity index (χ2n) is 15.9. The highest BCUT2D eigenvalue weighted by molar-refractivity contribution is 9.11. The average molecular weight is 1140 g/mol. The van der Waals surface area contributed by atoms with Gasteiger partial charge in [-0.3, -0.25) is 25.1 Å². The quantitative estimate of drug-likeness (QED) is 0.0551. The molecule has 0 bridgehead atoms. The van der Waals surface area contributed by atoms with Crippen LogP contribution in [0.3, 0.4) is 0 Å². The monoisotopic (exact) mass is 1130 g/mol. The van der Waals surface area contributed by atoms with Gasteiger partial charge in [0.15, 0.2) is 0 Å². The average Bonchev–Trinajstić information content (AvgIpc) is 4.16. The van der Waals surface area contributed by atoms with E-state index in [-0.39, 0.29) is 37.4 Å². The minimum atomic E-state index is -0.930. The van der Waals surface area contributed by atoms with Crippen LogP contribution in [0.4, 0.5) is 15.3 Å². The predicted molar refractivity (Wildman–Crippen MR) is 267 cm³/mol. The van der Waals surface area contributed by atoms with Crippen LogP contribution in [0.15, 0.2) is 93.1 Å². The second kappa shape index (κ2) is 23.8. The van der Waals surface area contributed by atoms with Crippen LogP contribution in [-0.2, 0) is 50.4 Å². The molecule has 1 N–H and O–H groups in total. The first kappa shape index (κ1) is 52.0. The number of benzene rings is 1. The summed E-state index contributed by atoms with van der Waals surface area (Å²) in [4.78, 5) is 62.6. The number of carbonyl (C=O) groups excluding carboxylic acids is 2. The molecule has 6 aromatic heterocycles. The van der Waals surface area contributed by atoms with Gasteiger partial charge in [0.1, 0.15) is 36.0 Å². The van der Waals surface area contributed by atoms with Gasteiger partial charge in [0, 0.05) is 59.8 Å². The summed E-state index contributed by atoms with van der Waals surface area (Å²) in [7, 11) is 7.35. The molecule has 1 fully saturated rings. The number of hydrogen-bond acceptors (Lipinski definition) is 14. The summed E-state index contributed by atoms with van der Waals surface area (Å²) in [5, 5.41) is 19.9. The molecule has 69 heavy (non-hydrogen) atoms. The molecule has 0 aliphatic heterocycles. The highest BCUT2D eigenvalue weighted by Crippen LogP contribution is 2.28. The molecule has 8 rings (SSSR count). The molecule has 0 unspecified atom stereocenters. The third-order valence-electron chi connectivity index (χ3n) is 11.2. The molecule has 1 aliphatic carbocycles. The van der Waals surface area contributed by atoms with Crippen molar-refractivity contribution in [2.45, 2.75) is 72.3 Å². The number of amides is 1. The van der Waals surface area contributed by atoms with Gasteiger partial charge in [0.25, 0.3) is 5.69 Å². The number of nitrogens with zero attached hydrogens (tertiary/aromatic N) is 11. The number of aliphatic hydroxyl groups is 1. The van der Waals surface area contributed by atoms with Crippen LogP contribution in [0.25, 0.3) is 34.2 Å². The lowest BCUT2D eigenvalue weighted by Gasteiger charge is -2.23. The zero-order chi connectivity index (χ0) is 49.9. The highest BCUT2D eigenvalue weighted by Gasteiger charge is 2.25. The van der Waals surface area contributed by atoms with Crippen LogP contribution >= 0.6 is 47.8 Å². The fourth-order valence-electron chi connectivity index (χ4n) is 7.12. The van der Waals surface area contributed by atoms with E-state index >= 15 is 0 Å². The number of imidazole rings is 3. The van der Waals surface area contributed by atoms with Crippen molar-refractivity contribution >= 4 is 65.7 Å². The molecule has 0 spiro atoms. The molecule has 7 aromatic rings. The van der Waals surface area contributed by atoms with Crippen LogP contribution < -0.4 is 4.74 Å². The number of aliphatic hydroxyl groups excluding tert-OH is 1. The van der Waals surface area contributed by atoms with Gasteiger partial charge in [0.2, 0.25) is 0 Å². The Bertz CT molecular complexity index is 2930. The molecular weight excluding hydrogens is 1090 g/mol. The van der Waals surface area contributed by atoms with Crippen molar-refractivity contribution in [3.05, 3.63) is 137 Å². The molecule has 0 saturated heterocycles. The first-order valence-corrected chi connectivity index (χ1v) is 23.8. The minimum Gasteiger partial charge on any atom is -0.443 e. The Kier molecular flexibility index (Phi) is 17.9. The first-order chi connectivity index (χ1) is 32.9. The lowest BCUT2D eigenvalue weighted by atomic mass is 10.2. The van der Waals surface area contributed by atoms with Gasteiger partial charge in [-0.25, -0.2) is 24.5 Å². The number of nitro groups is 1. The van der Waals surface area contributed by atoms with Crippen molar-refractivity contribution < 1.29 is 33.8 Å². The summed E-state index contributed by atoms with van der Waals surface area (Å²) < 4.78 is 24.0. The van der Waals surface area contributed by atoms with Gasteiger partial charge in [0.05, 0.1) is 81.8 Å². The maximum atomic E-state index is 12.3. The molecule has 1 amide bonds. The number of carbonyl (C=O) groups is 2. The van der Waals surface area contributed by atoms with Crippen molar-refractivity contribution in [1.29, 1.82) is 0 Å². The van der Waals surface area contributed by atoms with E-state index in [1.807, 2.05) is 82.9 Å². The van der Waals surface area contributed by atoms with Crippen molar-refractivity contribution in [1.82, 2.24) is 48.5 Å². The Balaban J connectivity index is 0.000000176. The fraction of sp³-hybridized carbons (Fsp3) is 0.319. The topological polar surface area (TPSA) is 221 Å². The summed E-state index contributed by atoms with van der Waals surface area (Å²) >= 11 is 10.3. The van der Waals surface area contributed by atoms with Gasteiger partial charge in [-0.1, -0.05) is 12.8 Å². The normalized spacial score (nSPS) is 12.1. The summed E-state index contributed by atoms with van der Waals surface area (Å²) in [6, 6.07) is 16.8. The molecule has 22 heteroatoms. The van der Waals surface area contributed by atoms with Gasteiger partial charge in [-0.05, 0) is 130 Å². The Morgan fingerprint density at radius 2 is 1.09 bits per heavy atom. The van der Waals surface area contributed by atoms with Crippen molar-refractivity contribution in [3.8, 4) is 39.9 Å². The number of rotatable bonds is 11. The third-order valence-corrected chi connectivity index (χ3v) is 13.7. The summed E-state index contributed by atoms with van der Waals surface area (Å²) in [6.07, 6.45) is 8.29. The van der Waals surface area contributed by atoms with Crippen LogP contribution in [0.5, 0.6) is 5.75 Å². The SMILES string of the molecule is Cc1nc(-c2ncn(C)c2CO)ccc1Br.Cc1nc(-c2ncn(C)c2COC(=O)N(C)C2CCCC2)ccc1Br.Cc1nc(-c2ncn(C)c2COC(=O)Oc2ccc([N+](=O)[O-])cc2)ccc1Br. The van der Waals surface area contributed by atoms with E-state index in [2.05, 4.69) is 77.7 Å². The maximum absolute atomic E-state index is 12.3. The number of hydrogen-bond donors (Lipinski definition) is 1. The van der Waals surface area contributed by atoms with E-state index < -0.39 is 11.1 Å². The Morgan fingerprint density at radius 3 is 1.49 bits per heavy atom. The zero-order valence-corrected chi connectivity index (χ0v) is 43.6. The Morgan fingerprint density at radius 1 is 0.681 bits per heavy atom. The zero-order valence-electron chi connectivity index (χ0n) is 38.9. The number of non-ortho nitro benzene ring substituents is 1. The van der Waals surface area contributed by atoms with Crippen molar-refractivity contribution in [3.63, 3.8) is 0 Å². The Labute approximate surface area is 423 Å². The molecule has 0 atom stereocenters. The summed E-state index contributed by atoms with van der Waals surface area (Å²) in [5.74, 6) is 0.144. The van der Waals surface area contributed by atoms with Crippen LogP contribution in [0.1, 0.15) is 59.8 Å². The number of halogens is 3. The van der Waals surface area contributed by atoms with E-state index in [9.17, 15) is 24.8 Å². The molecule has 1 aliphatic rings. The van der Waals surface area contributed by atoms with Gasteiger partial charge in [-0.2, -0.15) is 0 Å². The number of pyridine rings is 3. The number of nitro benzene ring substituents is 1. The van der Waals surface area contributed by atoms with Crippen LogP contribution in [0.2, 0.25) is 0 Å². The van der Waals surface area contributed by atoms with Gasteiger partial charge in [-0.15, -0.1) is 0 Å². The second-order valence-corrected chi connectivity index (χ2v) is 18.5. The molecule has 0 radical (unpaired) electrons. The number of ether oxygens (including phenoxy) is 3. The molecule has 6 heterocycles. The first-order valence-electron chi connectivity index (χ1n) is 21.5. The largest absolute Gasteiger partial charge is 0.514 e. The smallest absolute Gasteiger partial charge is 0.443 e. The van der Waals surface area contributed by atoms with Crippen molar-refractivity contribution in [2.75, 3.05) is 7.05 Å². The number of aryl methyl sites for hydroxylation is 6. The molecule has 362 valence electrons. The van der Waals surface area contributed by atoms with Gasteiger partial charge < -0.3 is 37.9 Å². The van der Waals surface area contributed by atoms with Gasteiger partial charge >= 0.3 is 12.2 Å². The lowest BCUT2D eigenvalue weighted by molar-refractivity contribution is -0.384. The lowest BCUT2D eigenvalue weighted by Crippen LogP contribution is -2.35. The third kappa shape index (κ3) is 13.2. The summed E-state index contributed by atoms with van der Waals surface area (Å²) in [5.41, 5.74) is 9.07. The molecule has 1 saturated carbocycles. The number of aromatic nitrogens is 9. The maximum Gasteiger partial charge on any atom is 0.514 e. The molecular formula is C47H50Br3N11O8. The van der Waals surface area contributed by atoms with E-state index in [0.29, 0.717) is 23.1 Å². The van der Waals surface area contributed by atoms with E-state index in [0.717, 1.165) is 77.5 Å². The van der Waals surface area contributed by atoms with E-state index in [1.165, 1.54) is 37.1 Å². The molecule has 19 nitrogen and oxygen atoms in total.